The zero-order valence-electron chi connectivity index (χ0n) is 15.9. The Balaban J connectivity index is 2.13. The van der Waals surface area contributed by atoms with Crippen LogP contribution in [0.25, 0.3) is 22.3 Å². The minimum absolute atomic E-state index is 0.244. The lowest BCUT2D eigenvalue weighted by Crippen LogP contribution is -1.96. The molecule has 0 aliphatic carbocycles. The van der Waals surface area contributed by atoms with E-state index < -0.39 is 0 Å². The van der Waals surface area contributed by atoms with E-state index in [1.807, 2.05) is 48.5 Å². The predicted octanol–water partition coefficient (Wildman–Crippen LogP) is 6.58. The SMILES string of the molecule is CC(C)CCCc1cc(C#N)c(-c2ccccc2)c(-c2ccc(O)cc2)c1. The van der Waals surface area contributed by atoms with Gasteiger partial charge in [0, 0.05) is 5.56 Å². The lowest BCUT2D eigenvalue weighted by atomic mass is 9.88. The van der Waals surface area contributed by atoms with E-state index in [2.05, 4.69) is 26.0 Å². The summed E-state index contributed by atoms with van der Waals surface area (Å²) in [5.74, 6) is 0.925. The van der Waals surface area contributed by atoms with Crippen molar-refractivity contribution in [2.45, 2.75) is 33.1 Å². The minimum atomic E-state index is 0.244. The predicted molar refractivity (Wildman–Crippen MR) is 111 cm³/mol. The van der Waals surface area contributed by atoms with Gasteiger partial charge >= 0.3 is 0 Å². The van der Waals surface area contributed by atoms with E-state index >= 15 is 0 Å². The standard InChI is InChI=1S/C25H25NO/c1-18(2)7-6-8-19-15-22(17-26)25(21-9-4-3-5-10-21)24(16-19)20-11-13-23(27)14-12-20/h3-5,9-16,18,27H,6-8H2,1-2H3. The lowest BCUT2D eigenvalue weighted by Gasteiger charge is -2.15. The molecule has 0 unspecified atom stereocenters. The van der Waals surface area contributed by atoms with Crippen LogP contribution in [0.1, 0.15) is 37.8 Å². The van der Waals surface area contributed by atoms with Gasteiger partial charge in [-0.25, -0.2) is 0 Å². The van der Waals surface area contributed by atoms with Crippen molar-refractivity contribution in [2.75, 3.05) is 0 Å². The first-order valence-corrected chi connectivity index (χ1v) is 9.50. The molecule has 2 heteroatoms. The highest BCUT2D eigenvalue weighted by molar-refractivity contribution is 5.88. The number of phenols is 1. The number of rotatable bonds is 6. The number of phenolic OH excluding ortho intramolecular Hbond substituents is 1. The molecule has 0 saturated heterocycles. The fraction of sp³-hybridized carbons (Fsp3) is 0.240. The summed E-state index contributed by atoms with van der Waals surface area (Å²) in [4.78, 5) is 0. The Hall–Kier alpha value is -3.05. The second-order valence-corrected chi connectivity index (χ2v) is 7.38. The number of nitriles is 1. The third-order valence-corrected chi connectivity index (χ3v) is 4.81. The molecular formula is C25H25NO. The molecule has 0 atom stereocenters. The molecular weight excluding hydrogens is 330 g/mol. The van der Waals surface area contributed by atoms with Crippen LogP contribution in [-0.2, 0) is 6.42 Å². The largest absolute Gasteiger partial charge is 0.508 e. The third-order valence-electron chi connectivity index (χ3n) is 4.81. The molecule has 0 heterocycles. The summed E-state index contributed by atoms with van der Waals surface area (Å²) < 4.78 is 0. The van der Waals surface area contributed by atoms with Crippen LogP contribution in [0.3, 0.4) is 0 Å². The summed E-state index contributed by atoms with van der Waals surface area (Å²) in [6, 6.07) is 23.9. The van der Waals surface area contributed by atoms with Crippen molar-refractivity contribution in [2.24, 2.45) is 5.92 Å². The van der Waals surface area contributed by atoms with Gasteiger partial charge in [-0.1, -0.05) is 68.8 Å². The van der Waals surface area contributed by atoms with Gasteiger partial charge in [-0.05, 0) is 59.2 Å². The second kappa shape index (κ2) is 8.56. The molecule has 0 aromatic heterocycles. The van der Waals surface area contributed by atoms with Crippen molar-refractivity contribution in [3.63, 3.8) is 0 Å². The number of hydrogen-bond acceptors (Lipinski definition) is 2. The average molecular weight is 355 g/mol. The Bertz CT molecular complexity index is 935. The molecule has 0 amide bonds. The van der Waals surface area contributed by atoms with E-state index in [0.717, 1.165) is 35.1 Å². The molecule has 0 radical (unpaired) electrons. The van der Waals surface area contributed by atoms with E-state index in [4.69, 9.17) is 0 Å². The molecule has 27 heavy (non-hydrogen) atoms. The van der Waals surface area contributed by atoms with Crippen molar-refractivity contribution >= 4 is 0 Å². The van der Waals surface area contributed by atoms with Gasteiger partial charge in [0.1, 0.15) is 5.75 Å². The monoisotopic (exact) mass is 355 g/mol. The molecule has 0 spiro atoms. The fourth-order valence-electron chi connectivity index (χ4n) is 3.43. The van der Waals surface area contributed by atoms with Gasteiger partial charge in [0.25, 0.3) is 0 Å². The van der Waals surface area contributed by atoms with Crippen LogP contribution >= 0.6 is 0 Å². The first-order valence-electron chi connectivity index (χ1n) is 9.50. The number of nitrogens with zero attached hydrogens (tertiary/aromatic N) is 1. The number of aryl methyl sites for hydroxylation is 1. The van der Waals surface area contributed by atoms with Gasteiger partial charge < -0.3 is 5.11 Å². The molecule has 0 aliphatic rings. The molecule has 0 aliphatic heterocycles. The van der Waals surface area contributed by atoms with Crippen LogP contribution in [0, 0.1) is 17.2 Å². The molecule has 2 nitrogen and oxygen atoms in total. The van der Waals surface area contributed by atoms with E-state index in [1.54, 1.807) is 12.1 Å². The summed E-state index contributed by atoms with van der Waals surface area (Å²) in [6.07, 6.45) is 3.26. The van der Waals surface area contributed by atoms with E-state index in [1.165, 1.54) is 12.0 Å². The fourth-order valence-corrected chi connectivity index (χ4v) is 3.43. The number of hydrogen-bond donors (Lipinski definition) is 1. The van der Waals surface area contributed by atoms with Crippen molar-refractivity contribution in [1.29, 1.82) is 5.26 Å². The van der Waals surface area contributed by atoms with Crippen molar-refractivity contribution in [3.8, 4) is 34.1 Å². The van der Waals surface area contributed by atoms with Crippen LogP contribution in [-0.4, -0.2) is 5.11 Å². The van der Waals surface area contributed by atoms with Crippen molar-refractivity contribution < 1.29 is 5.11 Å². The van der Waals surface area contributed by atoms with Crippen molar-refractivity contribution in [3.05, 3.63) is 77.9 Å². The molecule has 1 N–H and O–H groups in total. The first kappa shape index (κ1) is 18.7. The molecule has 136 valence electrons. The summed E-state index contributed by atoms with van der Waals surface area (Å²) in [7, 11) is 0. The molecule has 0 fully saturated rings. The number of benzene rings is 3. The van der Waals surface area contributed by atoms with E-state index in [0.29, 0.717) is 11.5 Å². The second-order valence-electron chi connectivity index (χ2n) is 7.38. The zero-order chi connectivity index (χ0) is 19.2. The van der Waals surface area contributed by atoms with Gasteiger partial charge in [-0.3, -0.25) is 0 Å². The smallest absolute Gasteiger partial charge is 0.115 e. The van der Waals surface area contributed by atoms with Gasteiger partial charge in [0.2, 0.25) is 0 Å². The summed E-state index contributed by atoms with van der Waals surface area (Å²) >= 11 is 0. The van der Waals surface area contributed by atoms with Gasteiger partial charge in [0.15, 0.2) is 0 Å². The average Bonchev–Trinajstić information content (AvgIpc) is 2.68. The van der Waals surface area contributed by atoms with Gasteiger partial charge in [-0.2, -0.15) is 5.26 Å². The van der Waals surface area contributed by atoms with Crippen LogP contribution in [0.4, 0.5) is 0 Å². The van der Waals surface area contributed by atoms with Gasteiger partial charge in [-0.15, -0.1) is 0 Å². The van der Waals surface area contributed by atoms with Crippen LogP contribution in [0.15, 0.2) is 66.7 Å². The van der Waals surface area contributed by atoms with Crippen LogP contribution in [0.2, 0.25) is 0 Å². The maximum atomic E-state index is 9.84. The third kappa shape index (κ3) is 4.57. The minimum Gasteiger partial charge on any atom is -0.508 e. The maximum Gasteiger partial charge on any atom is 0.115 e. The molecule has 3 rings (SSSR count). The van der Waals surface area contributed by atoms with Crippen molar-refractivity contribution in [1.82, 2.24) is 0 Å². The van der Waals surface area contributed by atoms with E-state index in [9.17, 15) is 10.4 Å². The van der Waals surface area contributed by atoms with E-state index in [-0.39, 0.29) is 5.75 Å². The first-order chi connectivity index (χ1) is 13.1. The normalized spacial score (nSPS) is 10.7. The highest BCUT2D eigenvalue weighted by atomic mass is 16.3. The zero-order valence-corrected chi connectivity index (χ0v) is 15.9. The Kier molecular flexibility index (Phi) is 5.94. The highest BCUT2D eigenvalue weighted by Crippen LogP contribution is 2.37. The highest BCUT2D eigenvalue weighted by Gasteiger charge is 2.15. The topological polar surface area (TPSA) is 44.0 Å². The van der Waals surface area contributed by atoms with Crippen LogP contribution in [0.5, 0.6) is 5.75 Å². The Morgan fingerprint density at radius 1 is 0.926 bits per heavy atom. The van der Waals surface area contributed by atoms with Gasteiger partial charge in [0.05, 0.1) is 11.6 Å². The Labute approximate surface area is 161 Å². The summed E-state index contributed by atoms with van der Waals surface area (Å²) in [5, 5.41) is 19.5. The summed E-state index contributed by atoms with van der Waals surface area (Å²) in [5.41, 5.74) is 5.93. The Morgan fingerprint density at radius 3 is 2.26 bits per heavy atom. The quantitative estimate of drug-likeness (QED) is 0.543. The maximum absolute atomic E-state index is 9.84. The molecule has 0 saturated carbocycles. The molecule has 0 bridgehead atoms. The molecule has 3 aromatic rings. The van der Waals surface area contributed by atoms with Crippen LogP contribution < -0.4 is 0 Å². The molecule has 3 aromatic carbocycles. The lowest BCUT2D eigenvalue weighted by molar-refractivity contribution is 0.475. The summed E-state index contributed by atoms with van der Waals surface area (Å²) in [6.45, 7) is 4.47. The number of aromatic hydroxyl groups is 1. The Morgan fingerprint density at radius 2 is 1.63 bits per heavy atom.